The number of hydrogen-bond donors (Lipinski definition) is 0. The number of ether oxygens (including phenoxy) is 1. The van der Waals surface area contributed by atoms with Crippen LogP contribution in [0.2, 0.25) is 10.0 Å². The minimum atomic E-state index is -0.803. The zero-order chi connectivity index (χ0) is 21.3. The molecule has 0 saturated carbocycles. The number of rotatable bonds is 5. The summed E-state index contributed by atoms with van der Waals surface area (Å²) in [6.45, 7) is 0.708. The Bertz CT molecular complexity index is 1160. The van der Waals surface area contributed by atoms with E-state index in [4.69, 9.17) is 27.9 Å². The zero-order valence-corrected chi connectivity index (χ0v) is 16.2. The number of hydrogen-bond acceptors (Lipinski definition) is 7. The number of non-ortho nitro benzene ring substituents is 1. The van der Waals surface area contributed by atoms with Crippen molar-refractivity contribution in [3.63, 3.8) is 0 Å². The summed E-state index contributed by atoms with van der Waals surface area (Å²) in [4.78, 5) is 38.5. The standard InChI is InChI=1S/C18H11Cl2N3O6/c1-9(24)17-15(21-14-6-12(19)13(20)7-16(14)22(17)26)8-29-18(25)10-2-4-11(5-3-10)23(27)28/h2-7H,8H2,1H3. The average Bonchev–Trinajstić information content (AvgIpc) is 2.67. The Hall–Kier alpha value is -3.30. The Labute approximate surface area is 173 Å². The monoisotopic (exact) mass is 435 g/mol. The van der Waals surface area contributed by atoms with Gasteiger partial charge in [-0.25, -0.2) is 9.78 Å². The van der Waals surface area contributed by atoms with Crippen LogP contribution in [0.15, 0.2) is 36.4 Å². The number of nitro groups is 1. The van der Waals surface area contributed by atoms with Crippen LogP contribution in [0.3, 0.4) is 0 Å². The molecule has 0 N–H and O–H groups in total. The van der Waals surface area contributed by atoms with Crippen LogP contribution < -0.4 is 4.73 Å². The average molecular weight is 436 g/mol. The van der Waals surface area contributed by atoms with E-state index in [9.17, 15) is 24.9 Å². The number of aromatic nitrogens is 2. The lowest BCUT2D eigenvalue weighted by atomic mass is 10.2. The van der Waals surface area contributed by atoms with E-state index in [2.05, 4.69) is 4.98 Å². The van der Waals surface area contributed by atoms with Gasteiger partial charge in [0, 0.05) is 25.1 Å². The summed E-state index contributed by atoms with van der Waals surface area (Å²) in [6.07, 6.45) is 0. The topological polar surface area (TPSA) is 126 Å². The van der Waals surface area contributed by atoms with Crippen molar-refractivity contribution in [2.24, 2.45) is 0 Å². The second-order valence-corrected chi connectivity index (χ2v) is 6.71. The Balaban J connectivity index is 1.93. The minimum Gasteiger partial charge on any atom is -0.618 e. The number of halogens is 2. The van der Waals surface area contributed by atoms with Crippen LogP contribution in [0.4, 0.5) is 5.69 Å². The number of Topliss-reactive ketones (excluding diaryl/α,β-unsaturated/α-hetero) is 1. The molecule has 0 spiro atoms. The van der Waals surface area contributed by atoms with E-state index >= 15 is 0 Å². The summed E-state index contributed by atoms with van der Waals surface area (Å²) in [5, 5.41) is 23.6. The van der Waals surface area contributed by atoms with Crippen LogP contribution in [-0.2, 0) is 11.3 Å². The molecule has 1 heterocycles. The molecule has 0 fully saturated rings. The Morgan fingerprint density at radius 1 is 1.17 bits per heavy atom. The van der Waals surface area contributed by atoms with Crippen molar-refractivity contribution in [2.45, 2.75) is 13.5 Å². The Kier molecular flexibility index (Phi) is 5.62. The molecule has 0 aliphatic carbocycles. The maximum absolute atomic E-state index is 12.6. The van der Waals surface area contributed by atoms with E-state index in [0.29, 0.717) is 4.73 Å². The van der Waals surface area contributed by atoms with Crippen LogP contribution in [-0.4, -0.2) is 21.7 Å². The highest BCUT2D eigenvalue weighted by atomic mass is 35.5. The molecule has 9 nitrogen and oxygen atoms in total. The van der Waals surface area contributed by atoms with Crippen molar-refractivity contribution < 1.29 is 24.0 Å². The van der Waals surface area contributed by atoms with Crippen molar-refractivity contribution in [3.05, 3.63) is 78.7 Å². The molecule has 0 aliphatic rings. The predicted molar refractivity (Wildman–Crippen MR) is 103 cm³/mol. The van der Waals surface area contributed by atoms with Gasteiger partial charge in [-0.2, -0.15) is 4.73 Å². The van der Waals surface area contributed by atoms with E-state index in [1.54, 1.807) is 0 Å². The third kappa shape index (κ3) is 4.10. The van der Waals surface area contributed by atoms with Gasteiger partial charge in [-0.1, -0.05) is 23.2 Å². The van der Waals surface area contributed by atoms with Gasteiger partial charge in [0.05, 0.1) is 20.5 Å². The van der Waals surface area contributed by atoms with Gasteiger partial charge < -0.3 is 9.94 Å². The second-order valence-electron chi connectivity index (χ2n) is 5.89. The summed E-state index contributed by atoms with van der Waals surface area (Å²) >= 11 is 11.9. The molecular weight excluding hydrogens is 425 g/mol. The molecule has 0 radical (unpaired) electrons. The highest BCUT2D eigenvalue weighted by molar-refractivity contribution is 6.42. The normalized spacial score (nSPS) is 10.7. The minimum absolute atomic E-state index is 0.0371. The van der Waals surface area contributed by atoms with Gasteiger partial charge in [0.25, 0.3) is 11.4 Å². The van der Waals surface area contributed by atoms with E-state index in [0.717, 1.165) is 12.1 Å². The third-order valence-corrected chi connectivity index (χ3v) is 4.68. The first kappa shape index (κ1) is 20.4. The molecule has 3 rings (SSSR count). The number of benzene rings is 2. The molecule has 11 heteroatoms. The third-order valence-electron chi connectivity index (χ3n) is 3.96. The molecule has 3 aromatic rings. The van der Waals surface area contributed by atoms with E-state index in [-0.39, 0.29) is 43.7 Å². The fourth-order valence-electron chi connectivity index (χ4n) is 2.60. The summed E-state index contributed by atoms with van der Waals surface area (Å²) in [5.41, 5.74) is -0.276. The fraction of sp³-hybridized carbons (Fsp3) is 0.111. The van der Waals surface area contributed by atoms with Gasteiger partial charge >= 0.3 is 5.97 Å². The molecule has 148 valence electrons. The maximum Gasteiger partial charge on any atom is 0.338 e. The maximum atomic E-state index is 12.6. The largest absolute Gasteiger partial charge is 0.618 e. The molecule has 0 amide bonds. The fourth-order valence-corrected chi connectivity index (χ4v) is 2.91. The van der Waals surface area contributed by atoms with Gasteiger partial charge in [-0.05, 0) is 18.2 Å². The number of ketones is 1. The Morgan fingerprint density at radius 3 is 2.38 bits per heavy atom. The van der Waals surface area contributed by atoms with E-state index in [1.807, 2.05) is 0 Å². The summed E-state index contributed by atoms with van der Waals surface area (Å²) < 4.78 is 5.49. The van der Waals surface area contributed by atoms with Gasteiger partial charge in [-0.15, -0.1) is 0 Å². The van der Waals surface area contributed by atoms with Gasteiger partial charge in [0.15, 0.2) is 5.69 Å². The first-order valence-corrected chi connectivity index (χ1v) is 8.78. The molecular formula is C18H11Cl2N3O6. The van der Waals surface area contributed by atoms with Crippen molar-refractivity contribution in [1.29, 1.82) is 0 Å². The SMILES string of the molecule is CC(=O)c1c(COC(=O)c2ccc([N+](=O)[O-])cc2)nc2cc(Cl)c(Cl)cc2[n+]1[O-]. The predicted octanol–water partition coefficient (Wildman–Crippen LogP) is 3.64. The lowest BCUT2D eigenvalue weighted by Crippen LogP contribution is -2.37. The van der Waals surface area contributed by atoms with Crippen LogP contribution in [0.1, 0.15) is 33.5 Å². The second kappa shape index (κ2) is 7.98. The summed E-state index contributed by atoms with van der Waals surface area (Å²) in [6, 6.07) is 7.43. The van der Waals surface area contributed by atoms with Crippen molar-refractivity contribution in [1.82, 2.24) is 4.98 Å². The van der Waals surface area contributed by atoms with Crippen molar-refractivity contribution in [3.8, 4) is 0 Å². The van der Waals surface area contributed by atoms with Gasteiger partial charge in [0.2, 0.25) is 11.3 Å². The van der Waals surface area contributed by atoms with E-state index in [1.165, 1.54) is 31.2 Å². The van der Waals surface area contributed by atoms with Gasteiger partial charge in [0.1, 0.15) is 12.1 Å². The Morgan fingerprint density at radius 2 is 1.79 bits per heavy atom. The summed E-state index contributed by atoms with van der Waals surface area (Å²) in [5.74, 6) is -1.38. The molecule has 0 atom stereocenters. The highest BCUT2D eigenvalue weighted by Crippen LogP contribution is 2.26. The molecule has 0 unspecified atom stereocenters. The molecule has 2 aromatic carbocycles. The van der Waals surface area contributed by atoms with Crippen LogP contribution in [0.5, 0.6) is 0 Å². The molecule has 0 aliphatic heterocycles. The lowest BCUT2D eigenvalue weighted by molar-refractivity contribution is -0.580. The number of carbonyl (C=O) groups is 2. The number of carbonyl (C=O) groups excluding carboxylic acids is 2. The van der Waals surface area contributed by atoms with Crippen molar-refractivity contribution in [2.75, 3.05) is 0 Å². The summed E-state index contributed by atoms with van der Waals surface area (Å²) in [7, 11) is 0. The van der Waals surface area contributed by atoms with Gasteiger partial charge in [-0.3, -0.25) is 14.9 Å². The van der Waals surface area contributed by atoms with E-state index < -0.39 is 23.3 Å². The van der Waals surface area contributed by atoms with Crippen LogP contribution >= 0.6 is 23.2 Å². The number of nitro benzene ring substituents is 1. The number of nitrogens with zero attached hydrogens (tertiary/aromatic N) is 3. The van der Waals surface area contributed by atoms with Crippen LogP contribution in [0.25, 0.3) is 11.0 Å². The molecule has 0 saturated heterocycles. The smallest absolute Gasteiger partial charge is 0.338 e. The van der Waals surface area contributed by atoms with Crippen LogP contribution in [0, 0.1) is 15.3 Å². The lowest BCUT2D eigenvalue weighted by Gasteiger charge is -2.11. The molecule has 29 heavy (non-hydrogen) atoms. The molecule has 1 aromatic heterocycles. The first-order chi connectivity index (χ1) is 13.7. The first-order valence-electron chi connectivity index (χ1n) is 8.02. The zero-order valence-electron chi connectivity index (χ0n) is 14.7. The molecule has 0 bridgehead atoms. The van der Waals surface area contributed by atoms with Crippen molar-refractivity contribution >= 4 is 51.7 Å². The quantitative estimate of drug-likeness (QED) is 0.149. The highest BCUT2D eigenvalue weighted by Gasteiger charge is 2.25. The number of fused-ring (bicyclic) bond motifs is 1. The number of esters is 1.